The molecule has 6 heteroatoms. The molecule has 0 aliphatic rings. The highest BCUT2D eigenvalue weighted by atomic mass is 16.5. The summed E-state index contributed by atoms with van der Waals surface area (Å²) in [6.45, 7) is 6.34. The number of para-hydroxylation sites is 3. The van der Waals surface area contributed by atoms with E-state index in [1.807, 2.05) is 86.0 Å². The Morgan fingerprint density at radius 2 is 1.67 bits per heavy atom. The van der Waals surface area contributed by atoms with Crippen LogP contribution in [-0.2, 0) is 6.54 Å². The molecule has 2 atom stereocenters. The standard InChI is InChI=1S/C27H29N3O3/c1-18-10-9-11-19(2)25(18)33-17-22(31)16-30-24-15-8-7-14-23(24)29-26(30)20(3)28-27(32)21-12-5-4-6-13-21/h4-15,20,22,31H,16-17H2,1-3H3,(H,28,32)/t20-,22+/m1/s1. The van der Waals surface area contributed by atoms with Gasteiger partial charge in [0.25, 0.3) is 5.91 Å². The van der Waals surface area contributed by atoms with Gasteiger partial charge in [-0.3, -0.25) is 4.79 Å². The third-order valence-corrected chi connectivity index (χ3v) is 5.68. The second-order valence-corrected chi connectivity index (χ2v) is 8.32. The lowest BCUT2D eigenvalue weighted by molar-refractivity contribution is 0.0902. The third kappa shape index (κ3) is 5.07. The van der Waals surface area contributed by atoms with Crippen LogP contribution in [0.4, 0.5) is 0 Å². The molecule has 1 heterocycles. The Bertz CT molecular complexity index is 1230. The molecule has 0 bridgehead atoms. The molecular weight excluding hydrogens is 414 g/mol. The fraction of sp³-hybridized carbons (Fsp3) is 0.259. The summed E-state index contributed by atoms with van der Waals surface area (Å²) in [4.78, 5) is 17.4. The zero-order valence-corrected chi connectivity index (χ0v) is 19.2. The maximum Gasteiger partial charge on any atom is 0.251 e. The summed E-state index contributed by atoms with van der Waals surface area (Å²) in [6, 6.07) is 22.5. The van der Waals surface area contributed by atoms with Crippen LogP contribution in [0.1, 0.15) is 40.3 Å². The monoisotopic (exact) mass is 443 g/mol. The Balaban J connectivity index is 1.54. The summed E-state index contributed by atoms with van der Waals surface area (Å²) in [7, 11) is 0. The van der Waals surface area contributed by atoms with E-state index in [9.17, 15) is 9.90 Å². The van der Waals surface area contributed by atoms with Gasteiger partial charge in [0, 0.05) is 5.56 Å². The Morgan fingerprint density at radius 3 is 2.39 bits per heavy atom. The van der Waals surface area contributed by atoms with Crippen LogP contribution in [0.3, 0.4) is 0 Å². The minimum Gasteiger partial charge on any atom is -0.490 e. The van der Waals surface area contributed by atoms with Gasteiger partial charge in [0.1, 0.15) is 24.3 Å². The molecule has 0 radical (unpaired) electrons. The average molecular weight is 444 g/mol. The normalized spacial score (nSPS) is 13.0. The number of nitrogens with zero attached hydrogens (tertiary/aromatic N) is 2. The van der Waals surface area contributed by atoms with Crippen molar-refractivity contribution in [2.24, 2.45) is 0 Å². The number of fused-ring (bicyclic) bond motifs is 1. The number of hydrogen-bond acceptors (Lipinski definition) is 4. The lowest BCUT2D eigenvalue weighted by Gasteiger charge is -2.20. The summed E-state index contributed by atoms with van der Waals surface area (Å²) in [5, 5.41) is 13.9. The van der Waals surface area contributed by atoms with Gasteiger partial charge in [0.05, 0.1) is 23.6 Å². The van der Waals surface area contributed by atoms with E-state index in [1.165, 1.54) is 0 Å². The molecule has 0 saturated heterocycles. The van der Waals surface area contributed by atoms with Gasteiger partial charge in [-0.05, 0) is 56.2 Å². The topological polar surface area (TPSA) is 76.4 Å². The van der Waals surface area contributed by atoms with Crippen LogP contribution in [0.25, 0.3) is 11.0 Å². The van der Waals surface area contributed by atoms with Crippen LogP contribution in [0.5, 0.6) is 5.75 Å². The number of hydrogen-bond donors (Lipinski definition) is 2. The average Bonchev–Trinajstić information content (AvgIpc) is 3.18. The first-order valence-electron chi connectivity index (χ1n) is 11.1. The second-order valence-electron chi connectivity index (χ2n) is 8.32. The number of aliphatic hydroxyl groups is 1. The molecular formula is C27H29N3O3. The van der Waals surface area contributed by atoms with Crippen LogP contribution in [0, 0.1) is 13.8 Å². The van der Waals surface area contributed by atoms with E-state index < -0.39 is 6.10 Å². The van der Waals surface area contributed by atoms with Crippen molar-refractivity contribution in [3.05, 3.63) is 95.3 Å². The van der Waals surface area contributed by atoms with Crippen molar-refractivity contribution >= 4 is 16.9 Å². The summed E-state index contributed by atoms with van der Waals surface area (Å²) in [5.74, 6) is 1.32. The number of amides is 1. The molecule has 2 N–H and O–H groups in total. The number of aromatic nitrogens is 2. The molecule has 0 aliphatic carbocycles. The van der Waals surface area contributed by atoms with Crippen LogP contribution >= 0.6 is 0 Å². The number of rotatable bonds is 8. The van der Waals surface area contributed by atoms with Gasteiger partial charge < -0.3 is 19.7 Å². The Hall–Kier alpha value is -3.64. The Labute approximate surface area is 193 Å². The van der Waals surface area contributed by atoms with Crippen molar-refractivity contribution in [3.63, 3.8) is 0 Å². The molecule has 170 valence electrons. The molecule has 3 aromatic carbocycles. The number of ether oxygens (including phenoxy) is 1. The number of aliphatic hydroxyl groups excluding tert-OH is 1. The van der Waals surface area contributed by atoms with Gasteiger partial charge >= 0.3 is 0 Å². The van der Waals surface area contributed by atoms with Crippen molar-refractivity contribution in [2.75, 3.05) is 6.61 Å². The largest absolute Gasteiger partial charge is 0.490 e. The van der Waals surface area contributed by atoms with Crippen molar-refractivity contribution in [1.29, 1.82) is 0 Å². The molecule has 0 spiro atoms. The fourth-order valence-corrected chi connectivity index (χ4v) is 4.02. The number of benzene rings is 3. The van der Waals surface area contributed by atoms with E-state index >= 15 is 0 Å². The highest BCUT2D eigenvalue weighted by Gasteiger charge is 2.21. The minimum absolute atomic E-state index is 0.155. The summed E-state index contributed by atoms with van der Waals surface area (Å²) in [6.07, 6.45) is -0.752. The van der Waals surface area contributed by atoms with Gasteiger partial charge in [-0.25, -0.2) is 4.98 Å². The summed E-state index contributed by atoms with van der Waals surface area (Å²) >= 11 is 0. The summed E-state index contributed by atoms with van der Waals surface area (Å²) < 4.78 is 7.92. The Kier molecular flexibility index (Phi) is 6.75. The van der Waals surface area contributed by atoms with E-state index in [1.54, 1.807) is 12.1 Å². The number of nitrogens with one attached hydrogen (secondary N) is 1. The first-order valence-corrected chi connectivity index (χ1v) is 11.1. The van der Waals surface area contributed by atoms with Crippen LogP contribution in [-0.4, -0.2) is 33.3 Å². The lowest BCUT2D eigenvalue weighted by Crippen LogP contribution is -2.31. The van der Waals surface area contributed by atoms with E-state index in [0.717, 1.165) is 27.9 Å². The maximum atomic E-state index is 12.7. The predicted octanol–water partition coefficient (Wildman–Crippen LogP) is 4.58. The molecule has 0 saturated carbocycles. The molecule has 4 rings (SSSR count). The van der Waals surface area contributed by atoms with Gasteiger partial charge in [0.15, 0.2) is 0 Å². The lowest BCUT2D eigenvalue weighted by atomic mass is 10.1. The molecule has 1 amide bonds. The van der Waals surface area contributed by atoms with Gasteiger partial charge in [-0.15, -0.1) is 0 Å². The Morgan fingerprint density at radius 1 is 1.00 bits per heavy atom. The SMILES string of the molecule is Cc1cccc(C)c1OC[C@@H](O)Cn1c([C@@H](C)NC(=O)c2ccccc2)nc2ccccc21. The van der Waals surface area contributed by atoms with Crippen molar-refractivity contribution in [1.82, 2.24) is 14.9 Å². The van der Waals surface area contributed by atoms with Crippen molar-refractivity contribution < 1.29 is 14.6 Å². The third-order valence-electron chi connectivity index (χ3n) is 5.68. The molecule has 4 aromatic rings. The summed E-state index contributed by atoms with van der Waals surface area (Å²) in [5.41, 5.74) is 4.38. The van der Waals surface area contributed by atoms with E-state index in [-0.39, 0.29) is 18.6 Å². The van der Waals surface area contributed by atoms with Gasteiger partial charge in [-0.2, -0.15) is 0 Å². The molecule has 0 fully saturated rings. The van der Waals surface area contributed by atoms with E-state index in [0.29, 0.717) is 17.9 Å². The van der Waals surface area contributed by atoms with Crippen LogP contribution < -0.4 is 10.1 Å². The quantitative estimate of drug-likeness (QED) is 0.418. The fourth-order valence-electron chi connectivity index (χ4n) is 4.02. The zero-order valence-electron chi connectivity index (χ0n) is 19.2. The van der Waals surface area contributed by atoms with Crippen LogP contribution in [0.15, 0.2) is 72.8 Å². The zero-order chi connectivity index (χ0) is 23.4. The molecule has 33 heavy (non-hydrogen) atoms. The number of carbonyl (C=O) groups excluding carboxylic acids is 1. The van der Waals surface area contributed by atoms with E-state index in [2.05, 4.69) is 5.32 Å². The number of carbonyl (C=O) groups is 1. The minimum atomic E-state index is -0.752. The molecule has 0 unspecified atom stereocenters. The number of imidazole rings is 1. The predicted molar refractivity (Wildman–Crippen MR) is 129 cm³/mol. The first kappa shape index (κ1) is 22.6. The number of aryl methyl sites for hydroxylation is 2. The van der Waals surface area contributed by atoms with Crippen molar-refractivity contribution in [2.45, 2.75) is 39.5 Å². The smallest absolute Gasteiger partial charge is 0.251 e. The highest BCUT2D eigenvalue weighted by molar-refractivity contribution is 5.94. The van der Waals surface area contributed by atoms with Gasteiger partial charge in [-0.1, -0.05) is 48.5 Å². The molecule has 1 aromatic heterocycles. The maximum absolute atomic E-state index is 12.7. The highest BCUT2D eigenvalue weighted by Crippen LogP contribution is 2.24. The van der Waals surface area contributed by atoms with Crippen LogP contribution in [0.2, 0.25) is 0 Å². The molecule has 6 nitrogen and oxygen atoms in total. The second kappa shape index (κ2) is 9.88. The van der Waals surface area contributed by atoms with E-state index in [4.69, 9.17) is 9.72 Å². The van der Waals surface area contributed by atoms with Gasteiger partial charge in [0.2, 0.25) is 0 Å². The first-order chi connectivity index (χ1) is 15.9. The van der Waals surface area contributed by atoms with Crippen molar-refractivity contribution in [3.8, 4) is 5.75 Å². The molecule has 0 aliphatic heterocycles.